The fraction of sp³-hybridized carbons (Fsp3) is 0.182. The molecule has 0 amide bonds. The molecular formula is C22H20N2O3. The van der Waals surface area contributed by atoms with E-state index in [0.29, 0.717) is 23.6 Å². The van der Waals surface area contributed by atoms with Crippen molar-refractivity contribution < 1.29 is 14.3 Å². The van der Waals surface area contributed by atoms with Crippen LogP contribution in [0.2, 0.25) is 0 Å². The summed E-state index contributed by atoms with van der Waals surface area (Å²) >= 11 is 0. The van der Waals surface area contributed by atoms with Gasteiger partial charge in [0.05, 0.1) is 12.2 Å². The van der Waals surface area contributed by atoms with E-state index in [1.165, 1.54) is 5.56 Å². The number of rotatable bonds is 5. The van der Waals surface area contributed by atoms with Gasteiger partial charge >= 0.3 is 0 Å². The highest BCUT2D eigenvalue weighted by Crippen LogP contribution is 2.32. The number of allylic oxidation sites excluding steroid dienone is 1. The smallest absolute Gasteiger partial charge is 0.231 e. The minimum absolute atomic E-state index is 0.0806. The number of aromatic nitrogens is 2. The Morgan fingerprint density at radius 2 is 1.89 bits per heavy atom. The molecule has 0 radical (unpaired) electrons. The van der Waals surface area contributed by atoms with Crippen molar-refractivity contribution in [3.8, 4) is 11.5 Å². The van der Waals surface area contributed by atoms with E-state index in [2.05, 4.69) is 17.2 Å². The molecule has 2 heterocycles. The summed E-state index contributed by atoms with van der Waals surface area (Å²) in [4.78, 5) is 12.5. The Hall–Kier alpha value is -3.34. The number of ether oxygens (including phenoxy) is 2. The van der Waals surface area contributed by atoms with E-state index >= 15 is 0 Å². The van der Waals surface area contributed by atoms with E-state index in [1.807, 2.05) is 42.8 Å². The van der Waals surface area contributed by atoms with E-state index in [0.717, 1.165) is 17.0 Å². The molecule has 1 aromatic heterocycles. The van der Waals surface area contributed by atoms with Gasteiger partial charge in [0.15, 0.2) is 17.3 Å². The number of hydrogen-bond donors (Lipinski definition) is 0. The second-order valence-electron chi connectivity index (χ2n) is 6.49. The molecular weight excluding hydrogens is 340 g/mol. The number of hydrogen-bond acceptors (Lipinski definition) is 4. The first-order chi connectivity index (χ1) is 13.1. The van der Waals surface area contributed by atoms with Gasteiger partial charge in [0, 0.05) is 16.8 Å². The third-order valence-corrected chi connectivity index (χ3v) is 4.67. The Morgan fingerprint density at radius 1 is 1.11 bits per heavy atom. The van der Waals surface area contributed by atoms with Crippen LogP contribution in [-0.2, 0) is 6.54 Å². The Kier molecular flexibility index (Phi) is 4.50. The third-order valence-electron chi connectivity index (χ3n) is 4.67. The molecule has 0 saturated carbocycles. The largest absolute Gasteiger partial charge is 0.454 e. The van der Waals surface area contributed by atoms with E-state index < -0.39 is 0 Å². The van der Waals surface area contributed by atoms with Crippen LogP contribution in [0.1, 0.15) is 32.9 Å². The van der Waals surface area contributed by atoms with Crippen molar-refractivity contribution in [2.45, 2.75) is 20.4 Å². The van der Waals surface area contributed by atoms with Crippen molar-refractivity contribution in [2.75, 3.05) is 6.79 Å². The molecule has 5 nitrogen and oxygen atoms in total. The molecule has 0 atom stereocenters. The molecule has 1 aliphatic rings. The number of fused-ring (bicyclic) bond motifs is 1. The SMILES string of the molecule is Cc1nn(Cc2ccccc2)c(C)c1C=CC(=O)c1ccc2c(c1)OCO2. The number of carbonyl (C=O) groups excluding carboxylic acids is 1. The average molecular weight is 360 g/mol. The van der Waals surface area contributed by atoms with Crippen LogP contribution >= 0.6 is 0 Å². The van der Waals surface area contributed by atoms with Gasteiger partial charge in [-0.3, -0.25) is 9.48 Å². The van der Waals surface area contributed by atoms with Crippen LogP contribution in [0.25, 0.3) is 6.08 Å². The van der Waals surface area contributed by atoms with Gasteiger partial charge in [0.1, 0.15) is 0 Å². The molecule has 1 aliphatic heterocycles. The predicted octanol–water partition coefficient (Wildman–Crippen LogP) is 4.17. The van der Waals surface area contributed by atoms with Crippen molar-refractivity contribution in [2.24, 2.45) is 0 Å². The summed E-state index contributed by atoms with van der Waals surface area (Å²) < 4.78 is 12.6. The minimum Gasteiger partial charge on any atom is -0.454 e. The molecule has 0 spiro atoms. The topological polar surface area (TPSA) is 53.4 Å². The summed E-state index contributed by atoms with van der Waals surface area (Å²) in [5.41, 5.74) is 4.67. The molecule has 4 rings (SSSR count). The van der Waals surface area contributed by atoms with Crippen molar-refractivity contribution in [3.63, 3.8) is 0 Å². The van der Waals surface area contributed by atoms with Gasteiger partial charge in [-0.2, -0.15) is 5.10 Å². The lowest BCUT2D eigenvalue weighted by Crippen LogP contribution is -2.03. The molecule has 0 saturated heterocycles. The zero-order chi connectivity index (χ0) is 18.8. The average Bonchev–Trinajstić information content (AvgIpc) is 3.25. The van der Waals surface area contributed by atoms with Crippen LogP contribution in [-0.4, -0.2) is 22.4 Å². The fourth-order valence-electron chi connectivity index (χ4n) is 3.17. The second kappa shape index (κ2) is 7.11. The van der Waals surface area contributed by atoms with Crippen LogP contribution < -0.4 is 9.47 Å². The van der Waals surface area contributed by atoms with E-state index in [9.17, 15) is 4.79 Å². The van der Waals surface area contributed by atoms with Gasteiger partial charge < -0.3 is 9.47 Å². The zero-order valence-corrected chi connectivity index (χ0v) is 15.3. The van der Waals surface area contributed by atoms with Crippen molar-refractivity contribution in [1.29, 1.82) is 0 Å². The Labute approximate surface area is 157 Å². The van der Waals surface area contributed by atoms with Crippen molar-refractivity contribution in [3.05, 3.63) is 82.7 Å². The highest BCUT2D eigenvalue weighted by atomic mass is 16.7. The maximum absolute atomic E-state index is 12.5. The third kappa shape index (κ3) is 3.49. The summed E-state index contributed by atoms with van der Waals surface area (Å²) in [7, 11) is 0. The lowest BCUT2D eigenvalue weighted by Gasteiger charge is -2.04. The first-order valence-corrected chi connectivity index (χ1v) is 8.82. The molecule has 0 fully saturated rings. The number of aryl methyl sites for hydroxylation is 1. The monoisotopic (exact) mass is 360 g/mol. The Balaban J connectivity index is 1.54. The molecule has 0 bridgehead atoms. The first-order valence-electron chi connectivity index (χ1n) is 8.82. The molecule has 0 aliphatic carbocycles. The van der Waals surface area contributed by atoms with Crippen LogP contribution in [0.5, 0.6) is 11.5 Å². The Morgan fingerprint density at radius 3 is 2.70 bits per heavy atom. The maximum Gasteiger partial charge on any atom is 0.231 e. The molecule has 5 heteroatoms. The van der Waals surface area contributed by atoms with Crippen LogP contribution in [0.4, 0.5) is 0 Å². The maximum atomic E-state index is 12.5. The second-order valence-corrected chi connectivity index (χ2v) is 6.49. The molecule has 136 valence electrons. The van der Waals surface area contributed by atoms with Crippen molar-refractivity contribution in [1.82, 2.24) is 9.78 Å². The van der Waals surface area contributed by atoms with E-state index in [1.54, 1.807) is 24.3 Å². The lowest BCUT2D eigenvalue weighted by atomic mass is 10.1. The fourth-order valence-corrected chi connectivity index (χ4v) is 3.17. The Bertz CT molecular complexity index is 1020. The minimum atomic E-state index is -0.0806. The first kappa shape index (κ1) is 17.1. The standard InChI is InChI=1S/C22H20N2O3/c1-15-19(16(2)24(23-15)13-17-6-4-3-5-7-17)9-10-20(25)18-8-11-21-22(12-18)27-14-26-21/h3-12H,13-14H2,1-2H3. The normalized spacial score (nSPS) is 12.7. The predicted molar refractivity (Wildman–Crippen MR) is 103 cm³/mol. The van der Waals surface area contributed by atoms with Gasteiger partial charge in [0.25, 0.3) is 0 Å². The zero-order valence-electron chi connectivity index (χ0n) is 15.3. The lowest BCUT2D eigenvalue weighted by molar-refractivity contribution is 0.104. The van der Waals surface area contributed by atoms with Crippen LogP contribution in [0.15, 0.2) is 54.6 Å². The highest BCUT2D eigenvalue weighted by molar-refractivity contribution is 6.07. The van der Waals surface area contributed by atoms with Gasteiger partial charge in [0.2, 0.25) is 6.79 Å². The number of nitrogens with zero attached hydrogens (tertiary/aromatic N) is 2. The van der Waals surface area contributed by atoms with Gasteiger partial charge in [-0.25, -0.2) is 0 Å². The molecule has 0 unspecified atom stereocenters. The highest BCUT2D eigenvalue weighted by Gasteiger charge is 2.15. The van der Waals surface area contributed by atoms with Crippen LogP contribution in [0.3, 0.4) is 0 Å². The summed E-state index contributed by atoms with van der Waals surface area (Å²) in [6, 6.07) is 15.4. The van der Waals surface area contributed by atoms with E-state index in [-0.39, 0.29) is 12.6 Å². The van der Waals surface area contributed by atoms with Gasteiger partial charge in [-0.15, -0.1) is 0 Å². The summed E-state index contributed by atoms with van der Waals surface area (Å²) in [6.07, 6.45) is 3.42. The molecule has 3 aromatic rings. The molecule has 27 heavy (non-hydrogen) atoms. The molecule has 2 aromatic carbocycles. The van der Waals surface area contributed by atoms with Crippen molar-refractivity contribution >= 4 is 11.9 Å². The number of carbonyl (C=O) groups is 1. The molecule has 0 N–H and O–H groups in total. The summed E-state index contributed by atoms with van der Waals surface area (Å²) in [5.74, 6) is 1.20. The summed E-state index contributed by atoms with van der Waals surface area (Å²) in [5, 5.41) is 4.62. The summed E-state index contributed by atoms with van der Waals surface area (Å²) in [6.45, 7) is 4.88. The van der Waals surface area contributed by atoms with E-state index in [4.69, 9.17) is 9.47 Å². The number of ketones is 1. The van der Waals surface area contributed by atoms with Crippen LogP contribution in [0, 0.1) is 13.8 Å². The van der Waals surface area contributed by atoms with Gasteiger partial charge in [-0.1, -0.05) is 30.3 Å². The quantitative estimate of drug-likeness (QED) is 0.506. The van der Waals surface area contributed by atoms with Gasteiger partial charge in [-0.05, 0) is 49.8 Å². The number of benzene rings is 2.